The molecule has 3 aromatic carbocycles. The lowest BCUT2D eigenvalue weighted by Crippen LogP contribution is -2.49. The molecule has 0 unspecified atom stereocenters. The van der Waals surface area contributed by atoms with E-state index >= 15 is 0 Å². The normalized spacial score (nSPS) is 16.4. The Balaban J connectivity index is 1.33. The summed E-state index contributed by atoms with van der Waals surface area (Å²) in [5.41, 5.74) is 3.83. The fourth-order valence-electron chi connectivity index (χ4n) is 5.29. The van der Waals surface area contributed by atoms with Crippen LogP contribution in [0.3, 0.4) is 0 Å². The van der Waals surface area contributed by atoms with Gasteiger partial charge in [-0.15, -0.1) is 0 Å². The molecule has 37 heavy (non-hydrogen) atoms. The number of carbonyl (C=O) groups is 2. The molecule has 0 aliphatic carbocycles. The van der Waals surface area contributed by atoms with Crippen LogP contribution >= 0.6 is 0 Å². The van der Waals surface area contributed by atoms with E-state index in [1.54, 1.807) is 14.2 Å². The summed E-state index contributed by atoms with van der Waals surface area (Å²) in [6, 6.07) is 23.3. The summed E-state index contributed by atoms with van der Waals surface area (Å²) in [5.74, 6) is 1.21. The van der Waals surface area contributed by atoms with Crippen molar-refractivity contribution in [3.63, 3.8) is 0 Å². The number of nitrogens with zero attached hydrogens (tertiary/aromatic N) is 3. The lowest BCUT2D eigenvalue weighted by molar-refractivity contribution is -0.134. The van der Waals surface area contributed by atoms with Gasteiger partial charge in [-0.2, -0.15) is 0 Å². The molecule has 5 rings (SSSR count). The highest BCUT2D eigenvalue weighted by Crippen LogP contribution is 2.37. The minimum absolute atomic E-state index is 0.0455. The summed E-state index contributed by atoms with van der Waals surface area (Å²) in [5, 5.41) is 0. The van der Waals surface area contributed by atoms with E-state index in [2.05, 4.69) is 29.2 Å². The molecule has 2 heterocycles. The largest absolute Gasteiger partial charge is 0.493 e. The molecule has 3 aromatic rings. The quantitative estimate of drug-likeness (QED) is 0.466. The Bertz CT molecular complexity index is 1250. The predicted molar refractivity (Wildman–Crippen MR) is 142 cm³/mol. The van der Waals surface area contributed by atoms with Gasteiger partial charge in [-0.25, -0.2) is 0 Å². The number of carbonyl (C=O) groups excluding carboxylic acids is 2. The number of amides is 2. The Morgan fingerprint density at radius 3 is 2.27 bits per heavy atom. The molecule has 2 aliphatic rings. The molecule has 2 aliphatic heterocycles. The maximum atomic E-state index is 13.6. The topological polar surface area (TPSA) is 62.3 Å². The lowest BCUT2D eigenvalue weighted by atomic mass is 10.00. The first-order chi connectivity index (χ1) is 18.1. The van der Waals surface area contributed by atoms with Crippen LogP contribution in [0.25, 0.3) is 0 Å². The molecule has 7 nitrogen and oxygen atoms in total. The Hall–Kier alpha value is -3.84. The number of fused-ring (bicyclic) bond motifs is 1. The molecular weight excluding hydrogens is 466 g/mol. The molecule has 0 spiro atoms. The Kier molecular flexibility index (Phi) is 7.42. The van der Waals surface area contributed by atoms with Crippen LogP contribution in [0.15, 0.2) is 72.8 Å². The van der Waals surface area contributed by atoms with E-state index in [4.69, 9.17) is 9.47 Å². The van der Waals surface area contributed by atoms with Crippen LogP contribution in [-0.2, 0) is 17.9 Å². The number of rotatable bonds is 8. The van der Waals surface area contributed by atoms with Gasteiger partial charge in [0.1, 0.15) is 0 Å². The van der Waals surface area contributed by atoms with Gasteiger partial charge in [0.15, 0.2) is 11.5 Å². The van der Waals surface area contributed by atoms with E-state index in [-0.39, 0.29) is 18.2 Å². The van der Waals surface area contributed by atoms with Crippen LogP contribution in [-0.4, -0.2) is 66.9 Å². The summed E-state index contributed by atoms with van der Waals surface area (Å²) in [6.07, 6.45) is 0.216. The van der Waals surface area contributed by atoms with E-state index in [9.17, 15) is 9.59 Å². The third-order valence-electron chi connectivity index (χ3n) is 7.36. The molecule has 0 bridgehead atoms. The highest BCUT2D eigenvalue weighted by molar-refractivity contribution is 5.98. The molecule has 7 heteroatoms. The molecular formula is C30H33N3O4. The minimum Gasteiger partial charge on any atom is -0.493 e. The van der Waals surface area contributed by atoms with Gasteiger partial charge in [0.05, 0.1) is 26.7 Å². The summed E-state index contributed by atoms with van der Waals surface area (Å²) >= 11 is 0. The van der Waals surface area contributed by atoms with Gasteiger partial charge in [-0.05, 0) is 34.9 Å². The first-order valence-electron chi connectivity index (χ1n) is 12.7. The molecule has 192 valence electrons. The van der Waals surface area contributed by atoms with Gasteiger partial charge in [-0.3, -0.25) is 14.5 Å². The molecule has 0 radical (unpaired) electrons. The summed E-state index contributed by atoms with van der Waals surface area (Å²) in [7, 11) is 3.18. The van der Waals surface area contributed by atoms with Crippen LogP contribution in [0.2, 0.25) is 0 Å². The fourth-order valence-corrected chi connectivity index (χ4v) is 5.29. The monoisotopic (exact) mass is 499 g/mol. The van der Waals surface area contributed by atoms with Crippen LogP contribution < -0.4 is 9.47 Å². The van der Waals surface area contributed by atoms with Crippen LogP contribution in [0.5, 0.6) is 11.5 Å². The Morgan fingerprint density at radius 2 is 1.57 bits per heavy atom. The first-order valence-corrected chi connectivity index (χ1v) is 12.7. The zero-order valence-electron chi connectivity index (χ0n) is 21.4. The van der Waals surface area contributed by atoms with Gasteiger partial charge < -0.3 is 19.3 Å². The minimum atomic E-state index is -0.408. The average Bonchev–Trinajstić information content (AvgIpc) is 3.28. The summed E-state index contributed by atoms with van der Waals surface area (Å²) in [6.45, 7) is 4.38. The highest BCUT2D eigenvalue weighted by atomic mass is 16.5. The van der Waals surface area contributed by atoms with Gasteiger partial charge in [0.25, 0.3) is 5.91 Å². The number of benzene rings is 3. The Labute approximate surface area is 218 Å². The third-order valence-corrected chi connectivity index (χ3v) is 7.36. The molecule has 0 aromatic heterocycles. The van der Waals surface area contributed by atoms with Crippen molar-refractivity contribution in [2.24, 2.45) is 0 Å². The zero-order chi connectivity index (χ0) is 25.8. The number of methoxy groups -OCH3 is 2. The zero-order valence-corrected chi connectivity index (χ0v) is 21.4. The van der Waals surface area contributed by atoms with E-state index in [1.807, 2.05) is 58.3 Å². The molecule has 1 atom stereocenters. The number of ether oxygens (including phenoxy) is 2. The second-order valence-corrected chi connectivity index (χ2v) is 9.57. The summed E-state index contributed by atoms with van der Waals surface area (Å²) in [4.78, 5) is 33.1. The molecule has 2 amide bonds. The lowest BCUT2D eigenvalue weighted by Gasteiger charge is -2.36. The van der Waals surface area contributed by atoms with Gasteiger partial charge in [0.2, 0.25) is 5.91 Å². The number of hydrogen-bond acceptors (Lipinski definition) is 5. The second kappa shape index (κ2) is 11.0. The molecule has 0 N–H and O–H groups in total. The van der Waals surface area contributed by atoms with Gasteiger partial charge in [0, 0.05) is 44.8 Å². The van der Waals surface area contributed by atoms with Crippen molar-refractivity contribution >= 4 is 11.8 Å². The van der Waals surface area contributed by atoms with Crippen LogP contribution in [0.4, 0.5) is 0 Å². The van der Waals surface area contributed by atoms with Crippen molar-refractivity contribution in [2.75, 3.05) is 40.4 Å². The SMILES string of the molecule is COc1ccc([C@H](CC(=O)N2CCN(Cc3ccccc3)CC2)N2Cc3ccccc3C2=O)cc1OC. The maximum Gasteiger partial charge on any atom is 0.255 e. The third kappa shape index (κ3) is 5.32. The summed E-state index contributed by atoms with van der Waals surface area (Å²) < 4.78 is 10.9. The maximum absolute atomic E-state index is 13.6. The van der Waals surface area contributed by atoms with Crippen LogP contribution in [0.1, 0.15) is 39.5 Å². The average molecular weight is 500 g/mol. The standard InChI is InChI=1S/C30H33N3O4/c1-36-27-13-12-23(18-28(27)37-2)26(33-21-24-10-6-7-11-25(24)30(33)35)19-29(34)32-16-14-31(15-17-32)20-22-8-4-3-5-9-22/h3-13,18,26H,14-17,19-21H2,1-2H3/t26-/m0/s1. The van der Waals surface area contributed by atoms with Crippen molar-refractivity contribution in [1.29, 1.82) is 0 Å². The molecule has 1 fully saturated rings. The van der Waals surface area contributed by atoms with E-state index in [0.29, 0.717) is 36.7 Å². The van der Waals surface area contributed by atoms with Gasteiger partial charge >= 0.3 is 0 Å². The highest BCUT2D eigenvalue weighted by Gasteiger charge is 2.36. The molecule has 0 saturated carbocycles. The Morgan fingerprint density at radius 1 is 0.865 bits per heavy atom. The van der Waals surface area contributed by atoms with Crippen LogP contribution in [0, 0.1) is 0 Å². The fraction of sp³-hybridized carbons (Fsp3) is 0.333. The van der Waals surface area contributed by atoms with Crippen molar-refractivity contribution in [1.82, 2.24) is 14.7 Å². The van der Waals surface area contributed by atoms with E-state index < -0.39 is 6.04 Å². The van der Waals surface area contributed by atoms with Crippen molar-refractivity contribution in [3.8, 4) is 11.5 Å². The second-order valence-electron chi connectivity index (χ2n) is 9.57. The van der Waals surface area contributed by atoms with Crippen molar-refractivity contribution < 1.29 is 19.1 Å². The number of hydrogen-bond donors (Lipinski definition) is 0. The molecule has 1 saturated heterocycles. The predicted octanol–water partition coefficient (Wildman–Crippen LogP) is 4.14. The van der Waals surface area contributed by atoms with Gasteiger partial charge in [-0.1, -0.05) is 54.6 Å². The number of piperazine rings is 1. The van der Waals surface area contributed by atoms with E-state index in [0.717, 1.165) is 30.8 Å². The smallest absolute Gasteiger partial charge is 0.255 e. The van der Waals surface area contributed by atoms with E-state index in [1.165, 1.54) is 5.56 Å². The van der Waals surface area contributed by atoms with Crippen molar-refractivity contribution in [2.45, 2.75) is 25.6 Å². The first kappa shape index (κ1) is 24.8. The van der Waals surface area contributed by atoms with Crippen molar-refractivity contribution in [3.05, 3.63) is 95.1 Å².